The van der Waals surface area contributed by atoms with Crippen molar-refractivity contribution >= 4 is 0 Å². The Morgan fingerprint density at radius 3 is 1.27 bits per heavy atom. The van der Waals surface area contributed by atoms with E-state index in [1.54, 1.807) is 0 Å². The molecule has 0 bridgehead atoms. The number of benzene rings is 3. The SMILES string of the molecule is CC1[C@H](c2ccccc2)c2ccccc2[C@@H]1c1ccccc1. The highest BCUT2D eigenvalue weighted by Crippen LogP contribution is 2.51. The molecule has 108 valence electrons. The first kappa shape index (κ1) is 13.3. The molecular formula is C22H20. The fourth-order valence-electron chi connectivity index (χ4n) is 4.12. The third kappa shape index (κ3) is 2.07. The quantitative estimate of drug-likeness (QED) is 0.574. The number of fused-ring (bicyclic) bond motifs is 1. The van der Waals surface area contributed by atoms with Crippen LogP contribution in [-0.2, 0) is 0 Å². The minimum atomic E-state index is 0.489. The van der Waals surface area contributed by atoms with Crippen molar-refractivity contribution in [3.8, 4) is 0 Å². The van der Waals surface area contributed by atoms with Gasteiger partial charge in [0.15, 0.2) is 0 Å². The average Bonchev–Trinajstić information content (AvgIpc) is 2.88. The summed E-state index contributed by atoms with van der Waals surface area (Å²) < 4.78 is 0. The molecule has 0 aromatic heterocycles. The largest absolute Gasteiger partial charge is 0.0622 e. The number of hydrogen-bond acceptors (Lipinski definition) is 0. The topological polar surface area (TPSA) is 0 Å². The van der Waals surface area contributed by atoms with Crippen LogP contribution in [0.5, 0.6) is 0 Å². The van der Waals surface area contributed by atoms with Crippen molar-refractivity contribution in [1.29, 1.82) is 0 Å². The summed E-state index contributed by atoms with van der Waals surface area (Å²) in [5.41, 5.74) is 5.85. The number of hydrogen-bond donors (Lipinski definition) is 0. The lowest BCUT2D eigenvalue weighted by atomic mass is 9.81. The molecule has 22 heavy (non-hydrogen) atoms. The second-order valence-corrected chi connectivity index (χ2v) is 6.26. The molecule has 3 aromatic rings. The van der Waals surface area contributed by atoms with E-state index in [1.165, 1.54) is 22.3 Å². The lowest BCUT2D eigenvalue weighted by Gasteiger charge is -2.22. The molecule has 0 spiro atoms. The lowest BCUT2D eigenvalue weighted by Crippen LogP contribution is -2.10. The Labute approximate surface area is 132 Å². The third-order valence-electron chi connectivity index (χ3n) is 5.04. The van der Waals surface area contributed by atoms with Crippen molar-refractivity contribution in [2.75, 3.05) is 0 Å². The van der Waals surface area contributed by atoms with Gasteiger partial charge >= 0.3 is 0 Å². The van der Waals surface area contributed by atoms with Crippen molar-refractivity contribution < 1.29 is 0 Å². The standard InChI is InChI=1S/C22H20/c1-16-21(17-10-4-2-5-11-17)19-14-8-9-15-20(19)22(16)18-12-6-3-7-13-18/h2-16,21-22H,1H3/t16?,21-,22+. The Morgan fingerprint density at radius 1 is 0.500 bits per heavy atom. The van der Waals surface area contributed by atoms with E-state index >= 15 is 0 Å². The van der Waals surface area contributed by atoms with Crippen LogP contribution in [0.4, 0.5) is 0 Å². The lowest BCUT2D eigenvalue weighted by molar-refractivity contribution is 0.503. The second kappa shape index (κ2) is 5.46. The minimum absolute atomic E-state index is 0.489. The van der Waals surface area contributed by atoms with E-state index in [4.69, 9.17) is 0 Å². The van der Waals surface area contributed by atoms with Crippen LogP contribution < -0.4 is 0 Å². The third-order valence-corrected chi connectivity index (χ3v) is 5.04. The van der Waals surface area contributed by atoms with Crippen LogP contribution in [-0.4, -0.2) is 0 Å². The fraction of sp³-hybridized carbons (Fsp3) is 0.182. The molecule has 1 aliphatic rings. The predicted molar refractivity (Wildman–Crippen MR) is 92.2 cm³/mol. The molecule has 0 N–H and O–H groups in total. The van der Waals surface area contributed by atoms with Crippen molar-refractivity contribution in [3.63, 3.8) is 0 Å². The van der Waals surface area contributed by atoms with Crippen molar-refractivity contribution in [2.24, 2.45) is 5.92 Å². The molecule has 0 saturated carbocycles. The molecule has 0 heteroatoms. The average molecular weight is 284 g/mol. The first-order valence-electron chi connectivity index (χ1n) is 8.05. The maximum absolute atomic E-state index is 2.40. The Kier molecular flexibility index (Phi) is 3.31. The van der Waals surface area contributed by atoms with Gasteiger partial charge in [0.1, 0.15) is 0 Å². The summed E-state index contributed by atoms with van der Waals surface area (Å²) >= 11 is 0. The van der Waals surface area contributed by atoms with Gasteiger partial charge in [-0.3, -0.25) is 0 Å². The van der Waals surface area contributed by atoms with Crippen LogP contribution in [0.2, 0.25) is 0 Å². The second-order valence-electron chi connectivity index (χ2n) is 6.26. The molecule has 1 aliphatic carbocycles. The van der Waals surface area contributed by atoms with Crippen LogP contribution in [0.3, 0.4) is 0 Å². The molecule has 0 saturated heterocycles. The molecule has 3 atom stereocenters. The van der Waals surface area contributed by atoms with Crippen LogP contribution in [0, 0.1) is 5.92 Å². The van der Waals surface area contributed by atoms with Crippen LogP contribution >= 0.6 is 0 Å². The van der Waals surface area contributed by atoms with Gasteiger partial charge in [0.2, 0.25) is 0 Å². The summed E-state index contributed by atoms with van der Waals surface area (Å²) in [4.78, 5) is 0. The van der Waals surface area contributed by atoms with Gasteiger partial charge in [-0.1, -0.05) is 91.9 Å². The van der Waals surface area contributed by atoms with Crippen molar-refractivity contribution in [3.05, 3.63) is 107 Å². The van der Waals surface area contributed by atoms with Gasteiger partial charge in [0.05, 0.1) is 0 Å². The summed E-state index contributed by atoms with van der Waals surface area (Å²) in [6, 6.07) is 30.9. The fourth-order valence-corrected chi connectivity index (χ4v) is 4.12. The molecule has 3 aromatic carbocycles. The molecule has 0 fully saturated rings. The summed E-state index contributed by atoms with van der Waals surface area (Å²) in [6.45, 7) is 2.40. The molecule has 0 heterocycles. The molecular weight excluding hydrogens is 264 g/mol. The smallest absolute Gasteiger partial charge is 0.0127 e. The molecule has 0 amide bonds. The summed E-state index contributed by atoms with van der Waals surface area (Å²) in [5, 5.41) is 0. The summed E-state index contributed by atoms with van der Waals surface area (Å²) in [6.07, 6.45) is 0. The van der Waals surface area contributed by atoms with Crippen LogP contribution in [0.15, 0.2) is 84.9 Å². The maximum atomic E-state index is 2.40. The Balaban J connectivity index is 1.87. The van der Waals surface area contributed by atoms with Gasteiger partial charge in [-0.05, 0) is 28.2 Å². The van der Waals surface area contributed by atoms with E-state index < -0.39 is 0 Å². The zero-order valence-corrected chi connectivity index (χ0v) is 12.8. The van der Waals surface area contributed by atoms with E-state index in [2.05, 4.69) is 91.9 Å². The first-order valence-corrected chi connectivity index (χ1v) is 8.05. The van der Waals surface area contributed by atoms with E-state index in [0.29, 0.717) is 17.8 Å². The normalized spacial score (nSPS) is 23.2. The van der Waals surface area contributed by atoms with Crippen LogP contribution in [0.25, 0.3) is 0 Å². The highest BCUT2D eigenvalue weighted by Gasteiger charge is 2.38. The van der Waals surface area contributed by atoms with Gasteiger partial charge in [-0.25, -0.2) is 0 Å². The zero-order valence-electron chi connectivity index (χ0n) is 12.8. The zero-order chi connectivity index (χ0) is 14.9. The highest BCUT2D eigenvalue weighted by molar-refractivity contribution is 5.50. The first-order chi connectivity index (χ1) is 10.9. The molecule has 0 radical (unpaired) electrons. The molecule has 0 aliphatic heterocycles. The van der Waals surface area contributed by atoms with Gasteiger partial charge in [-0.15, -0.1) is 0 Å². The van der Waals surface area contributed by atoms with Gasteiger partial charge in [-0.2, -0.15) is 0 Å². The minimum Gasteiger partial charge on any atom is -0.0622 e. The van der Waals surface area contributed by atoms with E-state index in [0.717, 1.165) is 0 Å². The maximum Gasteiger partial charge on any atom is 0.0127 e. The van der Waals surface area contributed by atoms with Crippen molar-refractivity contribution in [1.82, 2.24) is 0 Å². The Bertz CT molecular complexity index is 692. The molecule has 4 rings (SSSR count). The molecule has 0 nitrogen and oxygen atoms in total. The number of rotatable bonds is 2. The monoisotopic (exact) mass is 284 g/mol. The van der Waals surface area contributed by atoms with Gasteiger partial charge in [0.25, 0.3) is 0 Å². The van der Waals surface area contributed by atoms with E-state index in [1.807, 2.05) is 0 Å². The summed E-state index contributed by atoms with van der Waals surface area (Å²) in [7, 11) is 0. The Hall–Kier alpha value is -2.34. The van der Waals surface area contributed by atoms with Crippen molar-refractivity contribution in [2.45, 2.75) is 18.8 Å². The van der Waals surface area contributed by atoms with Gasteiger partial charge < -0.3 is 0 Å². The Morgan fingerprint density at radius 2 is 0.864 bits per heavy atom. The van der Waals surface area contributed by atoms with E-state index in [9.17, 15) is 0 Å². The van der Waals surface area contributed by atoms with Crippen LogP contribution in [0.1, 0.15) is 41.0 Å². The molecule has 1 unspecified atom stereocenters. The summed E-state index contributed by atoms with van der Waals surface area (Å²) in [5.74, 6) is 1.55. The van der Waals surface area contributed by atoms with Gasteiger partial charge in [0, 0.05) is 11.8 Å². The predicted octanol–water partition coefficient (Wildman–Crippen LogP) is 5.60. The van der Waals surface area contributed by atoms with E-state index in [-0.39, 0.29) is 0 Å². The highest BCUT2D eigenvalue weighted by atomic mass is 14.4.